The summed E-state index contributed by atoms with van der Waals surface area (Å²) in [4.78, 5) is 3.69. The van der Waals surface area contributed by atoms with Crippen LogP contribution in [0.4, 0.5) is 13.2 Å². The Bertz CT molecular complexity index is 305. The number of aromatic nitrogens is 1. The molecule has 1 nitrogen and oxygen atoms in total. The zero-order valence-corrected chi connectivity index (χ0v) is 9.35. The van der Waals surface area contributed by atoms with Gasteiger partial charge >= 0.3 is 6.18 Å². The number of hydrogen-bond donors (Lipinski definition) is 0. The molecule has 0 fully saturated rings. The molecule has 0 aromatic carbocycles. The van der Waals surface area contributed by atoms with Crippen molar-refractivity contribution in [1.29, 1.82) is 0 Å². The number of alkyl halides is 3. The second-order valence-electron chi connectivity index (χ2n) is 2.83. The molecule has 0 saturated heterocycles. The molecule has 1 aromatic heterocycles. The van der Waals surface area contributed by atoms with Gasteiger partial charge in [-0.25, -0.2) is 4.98 Å². The van der Waals surface area contributed by atoms with Crippen LogP contribution in [-0.2, 0) is 6.18 Å². The average Bonchev–Trinajstić information content (AvgIpc) is 2.29. The van der Waals surface area contributed by atoms with Crippen molar-refractivity contribution < 1.29 is 13.2 Å². The van der Waals surface area contributed by atoms with E-state index >= 15 is 0 Å². The Hall–Kier alpha value is -0.100. The molecule has 0 atom stereocenters. The zero-order valence-electron chi connectivity index (χ0n) is 6.94. The molecule has 6 heteroatoms. The van der Waals surface area contributed by atoms with Crippen molar-refractivity contribution in [2.24, 2.45) is 0 Å². The fraction of sp³-hybridized carbons (Fsp3) is 0.571. The number of halogens is 4. The molecule has 1 aromatic rings. The van der Waals surface area contributed by atoms with E-state index in [2.05, 4.69) is 20.9 Å². The smallest absolute Gasteiger partial charge is 0.224 e. The van der Waals surface area contributed by atoms with Crippen LogP contribution < -0.4 is 0 Å². The lowest BCUT2D eigenvalue weighted by atomic mass is 10.1. The summed E-state index contributed by atoms with van der Waals surface area (Å²) in [5.41, 5.74) is -0.764. The van der Waals surface area contributed by atoms with E-state index in [1.54, 1.807) is 13.8 Å². The van der Waals surface area contributed by atoms with Gasteiger partial charge in [0.05, 0.1) is 0 Å². The van der Waals surface area contributed by atoms with Crippen LogP contribution in [0.3, 0.4) is 0 Å². The van der Waals surface area contributed by atoms with Crippen LogP contribution in [0.25, 0.3) is 0 Å². The number of hydrogen-bond acceptors (Lipinski definition) is 2. The zero-order chi connectivity index (χ0) is 10.2. The summed E-state index contributed by atoms with van der Waals surface area (Å²) in [6.07, 6.45) is -4.35. The summed E-state index contributed by atoms with van der Waals surface area (Å²) in [7, 11) is 0. The van der Waals surface area contributed by atoms with Crippen molar-refractivity contribution in [1.82, 2.24) is 4.98 Å². The van der Waals surface area contributed by atoms with E-state index in [1.165, 1.54) is 0 Å². The van der Waals surface area contributed by atoms with E-state index in [1.807, 2.05) is 0 Å². The minimum Gasteiger partial charge on any atom is -0.224 e. The van der Waals surface area contributed by atoms with E-state index < -0.39 is 11.9 Å². The van der Waals surface area contributed by atoms with Gasteiger partial charge in [-0.3, -0.25) is 0 Å². The van der Waals surface area contributed by atoms with Crippen molar-refractivity contribution in [3.05, 3.63) is 14.5 Å². The fourth-order valence-electron chi connectivity index (χ4n) is 0.899. The third-order valence-corrected chi connectivity index (χ3v) is 3.23. The van der Waals surface area contributed by atoms with Gasteiger partial charge in [0.2, 0.25) is 0 Å². The van der Waals surface area contributed by atoms with Gasteiger partial charge in [0.25, 0.3) is 0 Å². The van der Waals surface area contributed by atoms with E-state index in [9.17, 15) is 13.2 Å². The predicted octanol–water partition coefficient (Wildman–Crippen LogP) is 4.05. The summed E-state index contributed by atoms with van der Waals surface area (Å²) in [5, 5.41) is 0. The summed E-state index contributed by atoms with van der Waals surface area (Å²) in [6.45, 7) is 3.43. The lowest BCUT2D eigenvalue weighted by Crippen LogP contribution is -2.09. The first-order valence-corrected chi connectivity index (χ1v) is 5.16. The molecule has 0 saturated carbocycles. The van der Waals surface area contributed by atoms with Gasteiger partial charge < -0.3 is 0 Å². The molecular weight excluding hydrogens is 267 g/mol. The van der Waals surface area contributed by atoms with Crippen molar-refractivity contribution in [2.45, 2.75) is 25.9 Å². The van der Waals surface area contributed by atoms with Gasteiger partial charge in [-0.1, -0.05) is 13.8 Å². The molecule has 0 aliphatic heterocycles. The number of rotatable bonds is 1. The third kappa shape index (κ3) is 2.43. The van der Waals surface area contributed by atoms with Crippen molar-refractivity contribution in [2.75, 3.05) is 0 Å². The van der Waals surface area contributed by atoms with Crippen LogP contribution in [0, 0.1) is 0 Å². The summed E-state index contributed by atoms with van der Waals surface area (Å²) >= 11 is 3.99. The Labute approximate surface area is 86.1 Å². The van der Waals surface area contributed by atoms with Crippen molar-refractivity contribution >= 4 is 27.3 Å². The molecule has 1 heterocycles. The Kier molecular flexibility index (Phi) is 3.01. The molecule has 0 spiro atoms. The highest BCUT2D eigenvalue weighted by atomic mass is 79.9. The fourth-order valence-corrected chi connectivity index (χ4v) is 2.41. The number of thiazole rings is 1. The topological polar surface area (TPSA) is 12.9 Å². The Morgan fingerprint density at radius 2 is 1.92 bits per heavy atom. The molecule has 0 unspecified atom stereocenters. The summed E-state index contributed by atoms with van der Waals surface area (Å²) < 4.78 is 37.3. The van der Waals surface area contributed by atoms with Gasteiger partial charge in [-0.15, -0.1) is 11.3 Å². The molecule has 1 rings (SSSR count). The van der Waals surface area contributed by atoms with Crippen LogP contribution in [0.5, 0.6) is 0 Å². The van der Waals surface area contributed by atoms with Crippen LogP contribution in [-0.4, -0.2) is 4.98 Å². The predicted molar refractivity (Wildman–Crippen MR) is 48.9 cm³/mol. The monoisotopic (exact) mass is 273 g/mol. The lowest BCUT2D eigenvalue weighted by Gasteiger charge is -2.07. The van der Waals surface area contributed by atoms with E-state index in [0.29, 0.717) is 0 Å². The average molecular weight is 274 g/mol. The van der Waals surface area contributed by atoms with Crippen LogP contribution in [0.15, 0.2) is 3.92 Å². The van der Waals surface area contributed by atoms with Gasteiger partial charge in [0, 0.05) is 4.88 Å². The highest BCUT2D eigenvalue weighted by molar-refractivity contribution is 9.11. The van der Waals surface area contributed by atoms with Gasteiger partial charge in [-0.2, -0.15) is 13.2 Å². The van der Waals surface area contributed by atoms with E-state index in [0.717, 1.165) is 11.3 Å². The maximum absolute atomic E-state index is 12.3. The second kappa shape index (κ2) is 3.57. The van der Waals surface area contributed by atoms with Crippen LogP contribution in [0.2, 0.25) is 0 Å². The lowest BCUT2D eigenvalue weighted by molar-refractivity contribution is -0.141. The second-order valence-corrected chi connectivity index (χ2v) is 5.14. The maximum atomic E-state index is 12.3. The highest BCUT2D eigenvalue weighted by Crippen LogP contribution is 2.39. The first-order chi connectivity index (χ1) is 5.82. The summed E-state index contributed by atoms with van der Waals surface area (Å²) in [5.74, 6) is -0.152. The Morgan fingerprint density at radius 3 is 2.23 bits per heavy atom. The highest BCUT2D eigenvalue weighted by Gasteiger charge is 2.37. The molecule has 0 bridgehead atoms. The minimum absolute atomic E-state index is 0.152. The molecule has 0 N–H and O–H groups in total. The van der Waals surface area contributed by atoms with Crippen LogP contribution in [0.1, 0.15) is 30.3 Å². The van der Waals surface area contributed by atoms with Gasteiger partial charge in [0.1, 0.15) is 0 Å². The molecule has 0 radical (unpaired) electrons. The number of nitrogens with zero attached hydrogens (tertiary/aromatic N) is 1. The molecule has 74 valence electrons. The SMILES string of the molecule is CC(C)c1sc(Br)nc1C(F)(F)F. The van der Waals surface area contributed by atoms with E-state index in [4.69, 9.17) is 0 Å². The molecular formula is C7H7BrF3NS. The first kappa shape index (κ1) is 11.0. The summed E-state index contributed by atoms with van der Waals surface area (Å²) in [6, 6.07) is 0. The molecule has 0 amide bonds. The van der Waals surface area contributed by atoms with Gasteiger partial charge in [-0.05, 0) is 21.8 Å². The standard InChI is InChI=1S/C7H7BrF3NS/c1-3(2)4-5(7(9,10)11)12-6(8)13-4/h3H,1-2H3. The molecule has 13 heavy (non-hydrogen) atoms. The Balaban J connectivity index is 3.20. The van der Waals surface area contributed by atoms with Gasteiger partial charge in [0.15, 0.2) is 9.61 Å². The Morgan fingerprint density at radius 1 is 1.38 bits per heavy atom. The third-order valence-electron chi connectivity index (χ3n) is 1.42. The van der Waals surface area contributed by atoms with Crippen molar-refractivity contribution in [3.63, 3.8) is 0 Å². The quantitative estimate of drug-likeness (QED) is 0.752. The maximum Gasteiger partial charge on any atom is 0.434 e. The van der Waals surface area contributed by atoms with Crippen molar-refractivity contribution in [3.8, 4) is 0 Å². The normalized spacial score (nSPS) is 12.5. The van der Waals surface area contributed by atoms with E-state index in [-0.39, 0.29) is 14.7 Å². The largest absolute Gasteiger partial charge is 0.434 e. The molecule has 0 aliphatic rings. The first-order valence-electron chi connectivity index (χ1n) is 3.55. The van der Waals surface area contributed by atoms with Crippen LogP contribution >= 0.6 is 27.3 Å². The minimum atomic E-state index is -4.35. The molecule has 0 aliphatic carbocycles.